The van der Waals surface area contributed by atoms with Gasteiger partial charge < -0.3 is 10.5 Å². The van der Waals surface area contributed by atoms with Crippen molar-refractivity contribution in [2.45, 2.75) is 25.3 Å². The fraction of sp³-hybridized carbons (Fsp3) is 0.500. The minimum Gasteiger partial charge on any atom is -0.385 e. The van der Waals surface area contributed by atoms with E-state index in [9.17, 15) is 4.39 Å². The van der Waals surface area contributed by atoms with Gasteiger partial charge in [0.15, 0.2) is 0 Å². The number of ether oxygens (including phenoxy) is 1. The highest BCUT2D eigenvalue weighted by Crippen LogP contribution is 2.21. The highest BCUT2D eigenvalue weighted by molar-refractivity contribution is 6.31. The van der Waals surface area contributed by atoms with Gasteiger partial charge in [0.2, 0.25) is 0 Å². The zero-order valence-electron chi connectivity index (χ0n) is 9.38. The molecule has 0 bridgehead atoms. The van der Waals surface area contributed by atoms with Gasteiger partial charge in [-0.25, -0.2) is 4.39 Å². The summed E-state index contributed by atoms with van der Waals surface area (Å²) in [5, 5.41) is 0.185. The fourth-order valence-electron chi connectivity index (χ4n) is 1.58. The van der Waals surface area contributed by atoms with Gasteiger partial charge in [0.25, 0.3) is 0 Å². The molecule has 0 heterocycles. The Morgan fingerprint density at radius 2 is 2.25 bits per heavy atom. The summed E-state index contributed by atoms with van der Waals surface area (Å²) < 4.78 is 18.1. The van der Waals surface area contributed by atoms with Crippen LogP contribution in [0.25, 0.3) is 0 Å². The van der Waals surface area contributed by atoms with Crippen molar-refractivity contribution >= 4 is 11.6 Å². The lowest BCUT2D eigenvalue weighted by molar-refractivity contribution is 0.190. The second kappa shape index (κ2) is 6.84. The van der Waals surface area contributed by atoms with E-state index >= 15 is 0 Å². The normalized spacial score (nSPS) is 12.8. The van der Waals surface area contributed by atoms with Gasteiger partial charge in [-0.1, -0.05) is 23.7 Å². The zero-order chi connectivity index (χ0) is 12.0. The van der Waals surface area contributed by atoms with E-state index < -0.39 is 0 Å². The zero-order valence-corrected chi connectivity index (χ0v) is 10.1. The van der Waals surface area contributed by atoms with Gasteiger partial charge in [0, 0.05) is 19.8 Å². The van der Waals surface area contributed by atoms with E-state index in [0.29, 0.717) is 13.0 Å². The molecule has 0 aliphatic rings. The molecule has 2 N–H and O–H groups in total. The predicted octanol–water partition coefficient (Wildman–Crippen LogP) is 2.78. The smallest absolute Gasteiger partial charge is 0.142 e. The first-order chi connectivity index (χ1) is 7.65. The molecule has 90 valence electrons. The van der Waals surface area contributed by atoms with E-state index in [1.807, 2.05) is 6.07 Å². The molecule has 0 fully saturated rings. The molecule has 1 rings (SSSR count). The molecule has 0 saturated carbocycles. The molecule has 0 radical (unpaired) electrons. The van der Waals surface area contributed by atoms with Crippen LogP contribution in [0.1, 0.15) is 18.4 Å². The van der Waals surface area contributed by atoms with Crippen molar-refractivity contribution < 1.29 is 9.13 Å². The van der Waals surface area contributed by atoms with Gasteiger partial charge in [0.05, 0.1) is 5.02 Å². The maximum Gasteiger partial charge on any atom is 0.142 e. The third kappa shape index (κ3) is 4.08. The summed E-state index contributed by atoms with van der Waals surface area (Å²) in [6.45, 7) is 0.699. The Morgan fingerprint density at radius 3 is 2.94 bits per heavy atom. The molecular weight excluding hydrogens is 229 g/mol. The molecule has 4 heteroatoms. The Kier molecular flexibility index (Phi) is 5.74. The first-order valence-electron chi connectivity index (χ1n) is 5.32. The van der Waals surface area contributed by atoms with Crippen LogP contribution in [0.15, 0.2) is 18.2 Å². The standard InChI is InChI=1S/C12H17ClFNO/c1-16-7-3-5-10(15)8-9-4-2-6-11(14)12(9)13/h2,4,6,10H,3,5,7-8,15H2,1H3. The molecule has 0 spiro atoms. The third-order valence-corrected chi connectivity index (χ3v) is 2.86. The molecule has 0 aliphatic heterocycles. The summed E-state index contributed by atoms with van der Waals surface area (Å²) in [7, 11) is 1.66. The van der Waals surface area contributed by atoms with Crippen LogP contribution in [0, 0.1) is 5.82 Å². The Hall–Kier alpha value is -0.640. The first-order valence-corrected chi connectivity index (χ1v) is 5.70. The summed E-state index contributed by atoms with van der Waals surface area (Å²) in [6.07, 6.45) is 2.35. The molecule has 1 aromatic carbocycles. The number of nitrogens with two attached hydrogens (primary N) is 1. The van der Waals surface area contributed by atoms with Crippen LogP contribution in [-0.2, 0) is 11.2 Å². The number of benzene rings is 1. The summed E-state index contributed by atoms with van der Waals surface area (Å²) in [5.41, 5.74) is 6.70. The van der Waals surface area contributed by atoms with E-state index in [0.717, 1.165) is 18.4 Å². The largest absolute Gasteiger partial charge is 0.385 e. The summed E-state index contributed by atoms with van der Waals surface area (Å²) in [4.78, 5) is 0. The first kappa shape index (κ1) is 13.4. The lowest BCUT2D eigenvalue weighted by Gasteiger charge is -2.12. The minimum absolute atomic E-state index is 0.00514. The van der Waals surface area contributed by atoms with Crippen molar-refractivity contribution in [3.63, 3.8) is 0 Å². The second-order valence-electron chi connectivity index (χ2n) is 3.81. The Morgan fingerprint density at radius 1 is 1.50 bits per heavy atom. The van der Waals surface area contributed by atoms with Crippen molar-refractivity contribution in [2.24, 2.45) is 5.73 Å². The molecule has 2 nitrogen and oxygen atoms in total. The quantitative estimate of drug-likeness (QED) is 0.783. The van der Waals surface area contributed by atoms with Gasteiger partial charge in [0.1, 0.15) is 5.82 Å². The van der Waals surface area contributed by atoms with Gasteiger partial charge >= 0.3 is 0 Å². The number of methoxy groups -OCH3 is 1. The van der Waals surface area contributed by atoms with Crippen molar-refractivity contribution in [1.29, 1.82) is 0 Å². The average molecular weight is 246 g/mol. The second-order valence-corrected chi connectivity index (χ2v) is 4.19. The van der Waals surface area contributed by atoms with Crippen molar-refractivity contribution in [3.8, 4) is 0 Å². The number of hydrogen-bond donors (Lipinski definition) is 1. The molecule has 0 aliphatic carbocycles. The van der Waals surface area contributed by atoms with Gasteiger partial charge in [-0.3, -0.25) is 0 Å². The Bertz CT molecular complexity index is 333. The molecule has 1 unspecified atom stereocenters. The maximum atomic E-state index is 13.1. The van der Waals surface area contributed by atoms with Crippen LogP contribution >= 0.6 is 11.6 Å². The summed E-state index contributed by atoms with van der Waals surface area (Å²) >= 11 is 5.84. The van der Waals surface area contributed by atoms with E-state index in [-0.39, 0.29) is 16.9 Å². The molecule has 0 amide bonds. The summed E-state index contributed by atoms with van der Waals surface area (Å²) in [6, 6.07) is 4.80. The Labute approximate surface area is 101 Å². The fourth-order valence-corrected chi connectivity index (χ4v) is 1.78. The van der Waals surface area contributed by atoms with Crippen molar-refractivity contribution in [1.82, 2.24) is 0 Å². The topological polar surface area (TPSA) is 35.2 Å². The molecule has 16 heavy (non-hydrogen) atoms. The predicted molar refractivity (Wildman–Crippen MR) is 64.2 cm³/mol. The van der Waals surface area contributed by atoms with Gasteiger partial charge in [-0.05, 0) is 30.9 Å². The molecular formula is C12H17ClFNO. The van der Waals surface area contributed by atoms with Crippen LogP contribution in [0.4, 0.5) is 4.39 Å². The van der Waals surface area contributed by atoms with Crippen LogP contribution in [-0.4, -0.2) is 19.8 Å². The van der Waals surface area contributed by atoms with Crippen LogP contribution in [0.5, 0.6) is 0 Å². The van der Waals surface area contributed by atoms with Crippen molar-refractivity contribution in [3.05, 3.63) is 34.6 Å². The van der Waals surface area contributed by atoms with E-state index in [2.05, 4.69) is 0 Å². The van der Waals surface area contributed by atoms with Crippen molar-refractivity contribution in [2.75, 3.05) is 13.7 Å². The molecule has 1 atom stereocenters. The molecule has 1 aromatic rings. The third-order valence-electron chi connectivity index (χ3n) is 2.44. The minimum atomic E-state index is -0.386. The summed E-state index contributed by atoms with van der Waals surface area (Å²) in [5.74, 6) is -0.386. The van der Waals surface area contributed by atoms with E-state index in [4.69, 9.17) is 22.1 Å². The molecule has 0 aromatic heterocycles. The van der Waals surface area contributed by atoms with E-state index in [1.54, 1.807) is 13.2 Å². The monoisotopic (exact) mass is 245 g/mol. The highest BCUT2D eigenvalue weighted by atomic mass is 35.5. The SMILES string of the molecule is COCCCC(N)Cc1cccc(F)c1Cl. The van der Waals surface area contributed by atoms with Gasteiger partial charge in [-0.15, -0.1) is 0 Å². The molecule has 0 saturated heterocycles. The van der Waals surface area contributed by atoms with Crippen LogP contribution in [0.2, 0.25) is 5.02 Å². The van der Waals surface area contributed by atoms with E-state index in [1.165, 1.54) is 6.07 Å². The average Bonchev–Trinajstić information content (AvgIpc) is 2.25. The van der Waals surface area contributed by atoms with Crippen LogP contribution in [0.3, 0.4) is 0 Å². The maximum absolute atomic E-state index is 13.1. The number of hydrogen-bond acceptors (Lipinski definition) is 2. The lowest BCUT2D eigenvalue weighted by atomic mass is 10.0. The highest BCUT2D eigenvalue weighted by Gasteiger charge is 2.09. The number of halogens is 2. The Balaban J connectivity index is 2.49. The lowest BCUT2D eigenvalue weighted by Crippen LogP contribution is -2.23. The van der Waals surface area contributed by atoms with Gasteiger partial charge in [-0.2, -0.15) is 0 Å². The van der Waals surface area contributed by atoms with Crippen LogP contribution < -0.4 is 5.73 Å². The number of rotatable bonds is 6.